The molecule has 0 radical (unpaired) electrons. The lowest BCUT2D eigenvalue weighted by atomic mass is 9.96. The quantitative estimate of drug-likeness (QED) is 0.556. The van der Waals surface area contributed by atoms with Crippen LogP contribution in [0.25, 0.3) is 5.13 Å². The smallest absolute Gasteiger partial charge is 0.231 e. The number of hydrogen-bond acceptors (Lipinski definition) is 8. The standard InChI is InChI=1S/C24H28N6O3S/c31-22(19-4-3-9-30(16-19)24-26-25-23(34-24)29-7-1-2-8-29)28-12-10-27(11-13-28)15-18-5-6-20-21(14-18)33-17-32-20/h1-2,5-8,14,19H,3-4,9-13,15-17H2. The number of ether oxygens (including phenoxy) is 2. The average molecular weight is 481 g/mol. The Hall–Kier alpha value is -3.11. The van der Waals surface area contributed by atoms with E-state index >= 15 is 0 Å². The van der Waals surface area contributed by atoms with Gasteiger partial charge in [0.15, 0.2) is 11.5 Å². The molecule has 0 aliphatic carbocycles. The van der Waals surface area contributed by atoms with Gasteiger partial charge in [-0.05, 0) is 42.7 Å². The second kappa shape index (κ2) is 9.27. The van der Waals surface area contributed by atoms with Gasteiger partial charge in [-0.15, -0.1) is 10.2 Å². The van der Waals surface area contributed by atoms with Crippen LogP contribution in [0.2, 0.25) is 0 Å². The summed E-state index contributed by atoms with van der Waals surface area (Å²) in [6, 6.07) is 10.1. The first-order valence-electron chi connectivity index (χ1n) is 11.8. The van der Waals surface area contributed by atoms with Gasteiger partial charge in [-0.1, -0.05) is 17.4 Å². The van der Waals surface area contributed by atoms with Crippen molar-refractivity contribution in [2.75, 3.05) is 51.0 Å². The summed E-state index contributed by atoms with van der Waals surface area (Å²) >= 11 is 1.57. The number of anilines is 1. The van der Waals surface area contributed by atoms with Crippen molar-refractivity contribution in [2.45, 2.75) is 19.4 Å². The molecule has 6 rings (SSSR count). The van der Waals surface area contributed by atoms with Crippen LogP contribution in [0.3, 0.4) is 0 Å². The topological polar surface area (TPSA) is 76.0 Å². The molecule has 2 fully saturated rings. The Kier molecular flexibility index (Phi) is 5.84. The third-order valence-corrected chi connectivity index (χ3v) is 7.79. The first kappa shape index (κ1) is 21.4. The summed E-state index contributed by atoms with van der Waals surface area (Å²) in [5.41, 5.74) is 1.21. The van der Waals surface area contributed by atoms with Gasteiger partial charge in [-0.2, -0.15) is 0 Å². The number of carbonyl (C=O) groups is 1. The minimum absolute atomic E-state index is 0.0214. The molecule has 0 saturated carbocycles. The van der Waals surface area contributed by atoms with Gasteiger partial charge in [0.2, 0.25) is 23.0 Å². The summed E-state index contributed by atoms with van der Waals surface area (Å²) < 4.78 is 12.9. The molecule has 2 saturated heterocycles. The number of hydrogen-bond donors (Lipinski definition) is 0. The minimum Gasteiger partial charge on any atom is -0.454 e. The Morgan fingerprint density at radius 1 is 1.00 bits per heavy atom. The first-order chi connectivity index (χ1) is 16.7. The maximum atomic E-state index is 13.3. The van der Waals surface area contributed by atoms with Crippen molar-refractivity contribution in [3.63, 3.8) is 0 Å². The van der Waals surface area contributed by atoms with E-state index in [0.29, 0.717) is 6.79 Å². The molecule has 34 heavy (non-hydrogen) atoms. The normalized spacial score (nSPS) is 20.6. The second-order valence-electron chi connectivity index (χ2n) is 9.03. The first-order valence-corrected chi connectivity index (χ1v) is 12.7. The van der Waals surface area contributed by atoms with Crippen molar-refractivity contribution < 1.29 is 14.3 Å². The molecule has 9 nitrogen and oxygen atoms in total. The van der Waals surface area contributed by atoms with Gasteiger partial charge in [-0.3, -0.25) is 14.3 Å². The van der Waals surface area contributed by atoms with Crippen molar-refractivity contribution in [2.24, 2.45) is 5.92 Å². The fourth-order valence-corrected chi connectivity index (χ4v) is 5.79. The van der Waals surface area contributed by atoms with Gasteiger partial charge >= 0.3 is 0 Å². The maximum absolute atomic E-state index is 13.3. The minimum atomic E-state index is 0.0214. The van der Waals surface area contributed by atoms with Crippen LogP contribution in [0.5, 0.6) is 11.5 Å². The molecule has 1 amide bonds. The number of aromatic nitrogens is 3. The Morgan fingerprint density at radius 3 is 2.65 bits per heavy atom. The van der Waals surface area contributed by atoms with Crippen LogP contribution in [0.1, 0.15) is 18.4 Å². The predicted molar refractivity (Wildman–Crippen MR) is 129 cm³/mol. The van der Waals surface area contributed by atoms with Crippen molar-refractivity contribution in [1.29, 1.82) is 0 Å². The number of piperidine rings is 1. The predicted octanol–water partition coefficient (Wildman–Crippen LogP) is 2.62. The van der Waals surface area contributed by atoms with Crippen molar-refractivity contribution in [3.8, 4) is 16.6 Å². The molecular formula is C24H28N6O3S. The van der Waals surface area contributed by atoms with E-state index in [4.69, 9.17) is 9.47 Å². The Balaban J connectivity index is 1.03. The molecule has 1 unspecified atom stereocenters. The monoisotopic (exact) mass is 480 g/mol. The summed E-state index contributed by atoms with van der Waals surface area (Å²) in [5, 5.41) is 10.5. The second-order valence-corrected chi connectivity index (χ2v) is 9.97. The summed E-state index contributed by atoms with van der Waals surface area (Å²) in [5.74, 6) is 1.94. The Labute approximate surface area is 202 Å². The number of piperazine rings is 1. The zero-order valence-electron chi connectivity index (χ0n) is 19.0. The molecule has 0 N–H and O–H groups in total. The van der Waals surface area contributed by atoms with E-state index in [2.05, 4.69) is 37.0 Å². The number of nitrogens with zero attached hydrogens (tertiary/aromatic N) is 6. The number of fused-ring (bicyclic) bond motifs is 1. The highest BCUT2D eigenvalue weighted by Gasteiger charge is 2.32. The molecular weight excluding hydrogens is 452 g/mol. The summed E-state index contributed by atoms with van der Waals surface area (Å²) in [6.45, 7) is 6.11. The van der Waals surface area contributed by atoms with E-state index in [0.717, 1.165) is 80.4 Å². The molecule has 3 aromatic rings. The SMILES string of the molecule is O=C(C1CCCN(c2nnc(-n3cccc3)s2)C1)N1CCN(Cc2ccc3c(c2)OCO3)CC1. The highest BCUT2D eigenvalue weighted by atomic mass is 32.1. The molecule has 0 spiro atoms. The zero-order valence-corrected chi connectivity index (χ0v) is 19.8. The number of benzene rings is 1. The van der Waals surface area contributed by atoms with Gasteiger partial charge in [-0.25, -0.2) is 0 Å². The lowest BCUT2D eigenvalue weighted by Gasteiger charge is -2.39. The van der Waals surface area contributed by atoms with Crippen LogP contribution in [0.15, 0.2) is 42.7 Å². The van der Waals surface area contributed by atoms with E-state index in [1.807, 2.05) is 35.2 Å². The van der Waals surface area contributed by atoms with Crippen LogP contribution in [0, 0.1) is 5.92 Å². The highest BCUT2D eigenvalue weighted by molar-refractivity contribution is 7.17. The average Bonchev–Trinajstić information content (AvgIpc) is 3.65. The Bertz CT molecular complexity index is 1140. The zero-order chi connectivity index (χ0) is 22.9. The molecule has 3 aliphatic rings. The van der Waals surface area contributed by atoms with E-state index in [9.17, 15) is 4.79 Å². The third kappa shape index (κ3) is 4.35. The largest absolute Gasteiger partial charge is 0.454 e. The van der Waals surface area contributed by atoms with Gasteiger partial charge in [0.25, 0.3) is 0 Å². The van der Waals surface area contributed by atoms with E-state index in [1.165, 1.54) is 5.56 Å². The maximum Gasteiger partial charge on any atom is 0.231 e. The fourth-order valence-electron chi connectivity index (χ4n) is 4.94. The molecule has 1 atom stereocenters. The molecule has 10 heteroatoms. The van der Waals surface area contributed by atoms with Crippen LogP contribution in [-0.4, -0.2) is 76.5 Å². The van der Waals surface area contributed by atoms with Gasteiger partial charge < -0.3 is 19.3 Å². The van der Waals surface area contributed by atoms with Crippen LogP contribution >= 0.6 is 11.3 Å². The lowest BCUT2D eigenvalue weighted by molar-refractivity contribution is -0.137. The molecule has 1 aromatic carbocycles. The van der Waals surface area contributed by atoms with Crippen molar-refractivity contribution in [3.05, 3.63) is 48.3 Å². The van der Waals surface area contributed by atoms with Crippen LogP contribution in [0.4, 0.5) is 5.13 Å². The van der Waals surface area contributed by atoms with E-state index in [1.54, 1.807) is 11.3 Å². The molecule has 0 bridgehead atoms. The molecule has 2 aromatic heterocycles. The van der Waals surface area contributed by atoms with Crippen LogP contribution in [-0.2, 0) is 11.3 Å². The van der Waals surface area contributed by atoms with Gasteiger partial charge in [0.05, 0.1) is 5.92 Å². The number of amides is 1. The summed E-state index contributed by atoms with van der Waals surface area (Å²) in [4.78, 5) is 20.0. The lowest BCUT2D eigenvalue weighted by Crippen LogP contribution is -2.52. The number of carbonyl (C=O) groups excluding carboxylic acids is 1. The van der Waals surface area contributed by atoms with Crippen molar-refractivity contribution >= 4 is 22.4 Å². The van der Waals surface area contributed by atoms with Crippen LogP contribution < -0.4 is 14.4 Å². The van der Waals surface area contributed by atoms with Gasteiger partial charge in [0.1, 0.15) is 0 Å². The highest BCUT2D eigenvalue weighted by Crippen LogP contribution is 2.33. The molecule has 5 heterocycles. The summed E-state index contributed by atoms with van der Waals surface area (Å²) in [7, 11) is 0. The third-order valence-electron chi connectivity index (χ3n) is 6.80. The van der Waals surface area contributed by atoms with Crippen molar-refractivity contribution in [1.82, 2.24) is 24.6 Å². The Morgan fingerprint density at radius 2 is 1.79 bits per heavy atom. The fraction of sp³-hybridized carbons (Fsp3) is 0.458. The summed E-state index contributed by atoms with van der Waals surface area (Å²) in [6.07, 6.45) is 5.88. The van der Waals surface area contributed by atoms with E-state index in [-0.39, 0.29) is 11.8 Å². The molecule has 3 aliphatic heterocycles. The van der Waals surface area contributed by atoms with Gasteiger partial charge in [0, 0.05) is 58.2 Å². The number of rotatable bonds is 5. The molecule has 178 valence electrons. The van der Waals surface area contributed by atoms with E-state index < -0.39 is 0 Å².